The minimum absolute atomic E-state index is 0.0514. The summed E-state index contributed by atoms with van der Waals surface area (Å²) in [6, 6.07) is 7.43. The van der Waals surface area contributed by atoms with E-state index in [0.29, 0.717) is 5.33 Å². The van der Waals surface area contributed by atoms with Gasteiger partial charge in [0.2, 0.25) is 0 Å². The average molecular weight is 268 g/mol. The molecule has 2 rings (SSSR count). The van der Waals surface area contributed by atoms with Crippen LogP contribution in [-0.2, 0) is 5.33 Å². The maximum Gasteiger partial charge on any atom is 0.252 e. The summed E-state index contributed by atoms with van der Waals surface area (Å²) >= 11 is 3.28. The van der Waals surface area contributed by atoms with Crippen molar-refractivity contribution < 1.29 is 4.74 Å². The van der Waals surface area contributed by atoms with Gasteiger partial charge >= 0.3 is 0 Å². The zero-order chi connectivity index (χ0) is 10.8. The van der Waals surface area contributed by atoms with E-state index in [9.17, 15) is 4.79 Å². The number of benzene rings is 1. The summed E-state index contributed by atoms with van der Waals surface area (Å²) in [6.07, 6.45) is 0. The number of pyridine rings is 1. The molecule has 15 heavy (non-hydrogen) atoms. The molecule has 0 aliphatic rings. The van der Waals surface area contributed by atoms with E-state index in [-0.39, 0.29) is 5.56 Å². The van der Waals surface area contributed by atoms with Gasteiger partial charge in [-0.25, -0.2) is 0 Å². The lowest BCUT2D eigenvalue weighted by atomic mass is 10.1. The molecular weight excluding hydrogens is 258 g/mol. The van der Waals surface area contributed by atoms with Gasteiger partial charge in [-0.05, 0) is 24.3 Å². The summed E-state index contributed by atoms with van der Waals surface area (Å²) in [5.74, 6) is 0.787. The molecule has 0 fully saturated rings. The Morgan fingerprint density at radius 2 is 2.20 bits per heavy atom. The predicted octanol–water partition coefficient (Wildman–Crippen LogP) is 2.43. The lowest BCUT2D eigenvalue weighted by Gasteiger charge is -2.03. The van der Waals surface area contributed by atoms with Crippen molar-refractivity contribution in [1.29, 1.82) is 0 Å². The smallest absolute Gasteiger partial charge is 0.252 e. The van der Waals surface area contributed by atoms with Crippen LogP contribution < -0.4 is 10.3 Å². The third-order valence-electron chi connectivity index (χ3n) is 2.27. The minimum Gasteiger partial charge on any atom is -0.497 e. The number of halogens is 1. The number of aromatic nitrogens is 1. The summed E-state index contributed by atoms with van der Waals surface area (Å²) in [5, 5.41) is 1.53. The maximum atomic E-state index is 11.5. The van der Waals surface area contributed by atoms with Gasteiger partial charge in [0.15, 0.2) is 0 Å². The lowest BCUT2D eigenvalue weighted by molar-refractivity contribution is 0.415. The zero-order valence-electron chi connectivity index (χ0n) is 8.21. The van der Waals surface area contributed by atoms with E-state index in [1.165, 1.54) is 0 Å². The number of H-pyrrole nitrogens is 1. The molecule has 1 aromatic heterocycles. The Bertz CT molecular complexity index is 548. The molecule has 0 aliphatic carbocycles. The first-order valence-corrected chi connectivity index (χ1v) is 5.62. The number of aromatic amines is 1. The SMILES string of the molecule is COc1ccc2[nH]c(=O)c(CBr)cc2c1. The quantitative estimate of drug-likeness (QED) is 0.850. The van der Waals surface area contributed by atoms with E-state index >= 15 is 0 Å². The molecule has 1 heterocycles. The molecule has 3 nitrogen and oxygen atoms in total. The van der Waals surface area contributed by atoms with Crippen LogP contribution in [0.15, 0.2) is 29.1 Å². The second-order valence-electron chi connectivity index (χ2n) is 3.21. The number of ether oxygens (including phenoxy) is 1. The molecule has 0 unspecified atom stereocenters. The molecule has 1 aromatic carbocycles. The topological polar surface area (TPSA) is 42.1 Å². The average Bonchev–Trinajstić information content (AvgIpc) is 2.27. The first-order valence-electron chi connectivity index (χ1n) is 4.50. The molecule has 78 valence electrons. The highest BCUT2D eigenvalue weighted by Gasteiger charge is 2.02. The highest BCUT2D eigenvalue weighted by Crippen LogP contribution is 2.19. The van der Waals surface area contributed by atoms with Gasteiger partial charge in [0, 0.05) is 21.8 Å². The number of hydrogen-bond donors (Lipinski definition) is 1. The Kier molecular flexibility index (Phi) is 2.77. The van der Waals surface area contributed by atoms with Gasteiger partial charge in [-0.2, -0.15) is 0 Å². The van der Waals surface area contributed by atoms with Crippen LogP contribution >= 0.6 is 15.9 Å². The second kappa shape index (κ2) is 4.06. The first kappa shape index (κ1) is 10.2. The maximum absolute atomic E-state index is 11.5. The molecule has 0 atom stereocenters. The van der Waals surface area contributed by atoms with E-state index in [0.717, 1.165) is 22.2 Å². The van der Waals surface area contributed by atoms with Gasteiger partial charge in [0.1, 0.15) is 5.75 Å². The number of hydrogen-bond acceptors (Lipinski definition) is 2. The summed E-state index contributed by atoms with van der Waals surface area (Å²) in [7, 11) is 1.62. The summed E-state index contributed by atoms with van der Waals surface area (Å²) < 4.78 is 5.12. The Hall–Kier alpha value is -1.29. The van der Waals surface area contributed by atoms with Crippen LogP contribution in [0.5, 0.6) is 5.75 Å². The van der Waals surface area contributed by atoms with Crippen molar-refractivity contribution in [2.45, 2.75) is 5.33 Å². The monoisotopic (exact) mass is 267 g/mol. The first-order chi connectivity index (χ1) is 7.24. The van der Waals surface area contributed by atoms with E-state index in [2.05, 4.69) is 20.9 Å². The van der Waals surface area contributed by atoms with Gasteiger partial charge in [0.05, 0.1) is 7.11 Å². The molecule has 0 saturated carbocycles. The molecule has 0 spiro atoms. The molecule has 0 saturated heterocycles. The predicted molar refractivity (Wildman–Crippen MR) is 63.8 cm³/mol. The molecule has 1 N–H and O–H groups in total. The third-order valence-corrected chi connectivity index (χ3v) is 2.88. The molecule has 4 heteroatoms. The number of nitrogens with one attached hydrogen (secondary N) is 1. The largest absolute Gasteiger partial charge is 0.497 e. The number of rotatable bonds is 2. The summed E-state index contributed by atoms with van der Waals surface area (Å²) in [5.41, 5.74) is 1.49. The normalized spacial score (nSPS) is 10.5. The van der Waals surface area contributed by atoms with Crippen molar-refractivity contribution >= 4 is 26.8 Å². The van der Waals surface area contributed by atoms with Crippen molar-refractivity contribution in [3.63, 3.8) is 0 Å². The molecule has 2 aromatic rings. The van der Waals surface area contributed by atoms with Gasteiger partial charge < -0.3 is 9.72 Å². The number of fused-ring (bicyclic) bond motifs is 1. The lowest BCUT2D eigenvalue weighted by Crippen LogP contribution is -2.10. The molecule has 0 aliphatic heterocycles. The van der Waals surface area contributed by atoms with Gasteiger partial charge in [-0.15, -0.1) is 0 Å². The molecule has 0 bridgehead atoms. The zero-order valence-corrected chi connectivity index (χ0v) is 9.80. The standard InChI is InChI=1S/C11H10BrNO2/c1-15-9-2-3-10-7(5-9)4-8(6-12)11(14)13-10/h2-5H,6H2,1H3,(H,13,14). The number of methoxy groups -OCH3 is 1. The molecule has 0 amide bonds. The van der Waals surface area contributed by atoms with Crippen LogP contribution in [0.1, 0.15) is 5.56 Å². The summed E-state index contributed by atoms with van der Waals surface area (Å²) in [4.78, 5) is 14.3. The molecule has 0 radical (unpaired) electrons. The van der Waals surface area contributed by atoms with Gasteiger partial charge in [-0.1, -0.05) is 15.9 Å². The van der Waals surface area contributed by atoms with Crippen molar-refractivity contribution in [3.8, 4) is 5.75 Å². The second-order valence-corrected chi connectivity index (χ2v) is 3.77. The Morgan fingerprint density at radius 3 is 2.87 bits per heavy atom. The Morgan fingerprint density at radius 1 is 1.40 bits per heavy atom. The van der Waals surface area contributed by atoms with Crippen molar-refractivity contribution in [1.82, 2.24) is 4.98 Å². The van der Waals surface area contributed by atoms with E-state index in [1.807, 2.05) is 24.3 Å². The summed E-state index contributed by atoms with van der Waals surface area (Å²) in [6.45, 7) is 0. The molecular formula is C11H10BrNO2. The third kappa shape index (κ3) is 1.90. The van der Waals surface area contributed by atoms with Crippen LogP contribution in [-0.4, -0.2) is 12.1 Å². The van der Waals surface area contributed by atoms with Crippen molar-refractivity contribution in [3.05, 3.63) is 40.2 Å². The fraction of sp³-hybridized carbons (Fsp3) is 0.182. The van der Waals surface area contributed by atoms with Crippen LogP contribution in [0.4, 0.5) is 0 Å². The van der Waals surface area contributed by atoms with Gasteiger partial charge in [0.25, 0.3) is 5.56 Å². The van der Waals surface area contributed by atoms with Gasteiger partial charge in [-0.3, -0.25) is 4.79 Å². The van der Waals surface area contributed by atoms with Crippen LogP contribution in [0, 0.1) is 0 Å². The Balaban J connectivity index is 2.71. The van der Waals surface area contributed by atoms with E-state index in [4.69, 9.17) is 4.74 Å². The number of alkyl halides is 1. The highest BCUT2D eigenvalue weighted by atomic mass is 79.9. The highest BCUT2D eigenvalue weighted by molar-refractivity contribution is 9.08. The van der Waals surface area contributed by atoms with Crippen molar-refractivity contribution in [2.75, 3.05) is 7.11 Å². The van der Waals surface area contributed by atoms with E-state index < -0.39 is 0 Å². The van der Waals surface area contributed by atoms with E-state index in [1.54, 1.807) is 7.11 Å². The fourth-order valence-corrected chi connectivity index (χ4v) is 1.87. The Labute approximate surface area is 95.2 Å². The van der Waals surface area contributed by atoms with Crippen LogP contribution in [0.3, 0.4) is 0 Å². The minimum atomic E-state index is -0.0514. The van der Waals surface area contributed by atoms with Crippen molar-refractivity contribution in [2.24, 2.45) is 0 Å². The fourth-order valence-electron chi connectivity index (χ4n) is 1.46. The van der Waals surface area contributed by atoms with Crippen LogP contribution in [0.25, 0.3) is 10.9 Å². The van der Waals surface area contributed by atoms with Crippen LogP contribution in [0.2, 0.25) is 0 Å².